The second-order valence-corrected chi connectivity index (χ2v) is 5.35. The van der Waals surface area contributed by atoms with Crippen LogP contribution in [0.3, 0.4) is 0 Å². The number of nitrogens with one attached hydrogen (secondary N) is 1. The fourth-order valence-electron chi connectivity index (χ4n) is 3.22. The molecule has 2 fully saturated rings. The molecule has 0 aromatic rings. The summed E-state index contributed by atoms with van der Waals surface area (Å²) >= 11 is 0. The first-order chi connectivity index (χ1) is 7.18. The number of primary amides is 1. The van der Waals surface area contributed by atoms with E-state index in [1.165, 1.54) is 25.7 Å². The Morgan fingerprint density at radius 3 is 2.47 bits per heavy atom. The number of amides is 1. The third-order valence-electron chi connectivity index (χ3n) is 4.29. The molecular formula is C12H22N2O. The van der Waals surface area contributed by atoms with Crippen LogP contribution >= 0.6 is 0 Å². The molecule has 0 aromatic heterocycles. The Kier molecular flexibility index (Phi) is 3.29. The van der Waals surface area contributed by atoms with Crippen molar-refractivity contribution in [1.82, 2.24) is 5.32 Å². The molecule has 1 heterocycles. The van der Waals surface area contributed by atoms with Crippen LogP contribution in [-0.2, 0) is 4.79 Å². The molecule has 0 spiro atoms. The van der Waals surface area contributed by atoms with E-state index in [1.54, 1.807) is 0 Å². The van der Waals surface area contributed by atoms with Crippen molar-refractivity contribution in [3.05, 3.63) is 0 Å². The summed E-state index contributed by atoms with van der Waals surface area (Å²) in [6.07, 6.45) is 5.23. The SMILES string of the molecule is CC1CCC(C2CNCC2C(N)=O)CC1. The molecule has 0 bridgehead atoms. The first-order valence-corrected chi connectivity index (χ1v) is 6.18. The molecule has 2 rings (SSSR count). The molecule has 1 amide bonds. The topological polar surface area (TPSA) is 55.1 Å². The minimum Gasteiger partial charge on any atom is -0.369 e. The zero-order valence-corrected chi connectivity index (χ0v) is 9.54. The van der Waals surface area contributed by atoms with Crippen molar-refractivity contribution in [3.8, 4) is 0 Å². The molecule has 3 heteroatoms. The molecule has 15 heavy (non-hydrogen) atoms. The van der Waals surface area contributed by atoms with Gasteiger partial charge in [-0.1, -0.05) is 19.8 Å². The number of carbonyl (C=O) groups excluding carboxylic acids is 1. The number of carbonyl (C=O) groups is 1. The van der Waals surface area contributed by atoms with E-state index in [0.717, 1.165) is 24.9 Å². The summed E-state index contributed by atoms with van der Waals surface area (Å²) in [4.78, 5) is 11.3. The molecular weight excluding hydrogens is 188 g/mol. The van der Waals surface area contributed by atoms with Crippen LogP contribution in [0.4, 0.5) is 0 Å². The van der Waals surface area contributed by atoms with Crippen molar-refractivity contribution >= 4 is 5.91 Å². The van der Waals surface area contributed by atoms with Crippen molar-refractivity contribution < 1.29 is 4.79 Å². The van der Waals surface area contributed by atoms with Gasteiger partial charge in [-0.2, -0.15) is 0 Å². The molecule has 2 atom stereocenters. The number of rotatable bonds is 2. The van der Waals surface area contributed by atoms with Crippen LogP contribution in [-0.4, -0.2) is 19.0 Å². The highest BCUT2D eigenvalue weighted by atomic mass is 16.1. The molecule has 1 saturated carbocycles. The highest BCUT2D eigenvalue weighted by Crippen LogP contribution is 2.37. The van der Waals surface area contributed by atoms with Crippen molar-refractivity contribution in [2.45, 2.75) is 32.6 Å². The highest BCUT2D eigenvalue weighted by Gasteiger charge is 2.37. The van der Waals surface area contributed by atoms with Crippen molar-refractivity contribution in [3.63, 3.8) is 0 Å². The maximum absolute atomic E-state index is 11.3. The van der Waals surface area contributed by atoms with E-state index in [4.69, 9.17) is 5.73 Å². The van der Waals surface area contributed by atoms with Crippen molar-refractivity contribution in [2.75, 3.05) is 13.1 Å². The van der Waals surface area contributed by atoms with Gasteiger partial charge in [-0.25, -0.2) is 0 Å². The summed E-state index contributed by atoms with van der Waals surface area (Å²) in [6.45, 7) is 4.12. The van der Waals surface area contributed by atoms with Crippen LogP contribution in [0.25, 0.3) is 0 Å². The van der Waals surface area contributed by atoms with Gasteiger partial charge >= 0.3 is 0 Å². The molecule has 3 nitrogen and oxygen atoms in total. The maximum Gasteiger partial charge on any atom is 0.222 e. The summed E-state index contributed by atoms with van der Waals surface area (Å²) in [5, 5.41) is 3.31. The predicted octanol–water partition coefficient (Wildman–Crippen LogP) is 1.13. The molecule has 1 aliphatic carbocycles. The second-order valence-electron chi connectivity index (χ2n) is 5.35. The molecule has 0 radical (unpaired) electrons. The van der Waals surface area contributed by atoms with Gasteiger partial charge in [-0.05, 0) is 37.1 Å². The Morgan fingerprint density at radius 2 is 1.87 bits per heavy atom. The summed E-state index contributed by atoms with van der Waals surface area (Å²) in [5.41, 5.74) is 5.44. The fourth-order valence-corrected chi connectivity index (χ4v) is 3.22. The third kappa shape index (κ3) is 2.33. The van der Waals surface area contributed by atoms with Gasteiger partial charge in [0.1, 0.15) is 0 Å². The fraction of sp³-hybridized carbons (Fsp3) is 0.917. The number of hydrogen-bond acceptors (Lipinski definition) is 2. The first-order valence-electron chi connectivity index (χ1n) is 6.18. The lowest BCUT2D eigenvalue weighted by atomic mass is 9.73. The quantitative estimate of drug-likeness (QED) is 0.718. The van der Waals surface area contributed by atoms with Crippen LogP contribution in [0.15, 0.2) is 0 Å². The van der Waals surface area contributed by atoms with Gasteiger partial charge in [0, 0.05) is 6.54 Å². The summed E-state index contributed by atoms with van der Waals surface area (Å²) < 4.78 is 0. The first kappa shape index (κ1) is 10.9. The van der Waals surface area contributed by atoms with Crippen LogP contribution in [0.1, 0.15) is 32.6 Å². The van der Waals surface area contributed by atoms with Gasteiger partial charge in [-0.3, -0.25) is 4.79 Å². The summed E-state index contributed by atoms with van der Waals surface area (Å²) in [5.74, 6) is 2.10. The van der Waals surface area contributed by atoms with Gasteiger partial charge in [0.25, 0.3) is 0 Å². The molecule has 86 valence electrons. The lowest BCUT2D eigenvalue weighted by Gasteiger charge is -2.32. The van der Waals surface area contributed by atoms with E-state index in [9.17, 15) is 4.79 Å². The molecule has 3 N–H and O–H groups in total. The van der Waals surface area contributed by atoms with E-state index in [1.807, 2.05) is 0 Å². The van der Waals surface area contributed by atoms with Gasteiger partial charge in [-0.15, -0.1) is 0 Å². The summed E-state index contributed by atoms with van der Waals surface area (Å²) in [7, 11) is 0. The average molecular weight is 210 g/mol. The lowest BCUT2D eigenvalue weighted by Crippen LogP contribution is -2.34. The van der Waals surface area contributed by atoms with Crippen LogP contribution in [0, 0.1) is 23.7 Å². The monoisotopic (exact) mass is 210 g/mol. The van der Waals surface area contributed by atoms with Crippen LogP contribution in [0.5, 0.6) is 0 Å². The lowest BCUT2D eigenvalue weighted by molar-refractivity contribution is -0.123. The minimum atomic E-state index is -0.108. The molecule has 1 aliphatic heterocycles. The molecule has 1 saturated heterocycles. The van der Waals surface area contributed by atoms with E-state index in [-0.39, 0.29) is 11.8 Å². The second kappa shape index (κ2) is 4.52. The smallest absolute Gasteiger partial charge is 0.222 e. The normalized spacial score (nSPS) is 41.7. The van der Waals surface area contributed by atoms with Gasteiger partial charge < -0.3 is 11.1 Å². The molecule has 2 aliphatic rings. The van der Waals surface area contributed by atoms with Gasteiger partial charge in [0.2, 0.25) is 5.91 Å². The van der Waals surface area contributed by atoms with Gasteiger partial charge in [0.15, 0.2) is 0 Å². The Labute approximate surface area is 91.8 Å². The number of hydrogen-bond donors (Lipinski definition) is 2. The van der Waals surface area contributed by atoms with E-state index < -0.39 is 0 Å². The maximum atomic E-state index is 11.3. The third-order valence-corrected chi connectivity index (χ3v) is 4.29. The Hall–Kier alpha value is -0.570. The van der Waals surface area contributed by atoms with E-state index in [2.05, 4.69) is 12.2 Å². The Bertz CT molecular complexity index is 234. The summed E-state index contributed by atoms with van der Waals surface area (Å²) in [6, 6.07) is 0. The molecule has 2 unspecified atom stereocenters. The van der Waals surface area contributed by atoms with Crippen molar-refractivity contribution in [2.24, 2.45) is 29.4 Å². The average Bonchev–Trinajstić information content (AvgIpc) is 2.67. The highest BCUT2D eigenvalue weighted by molar-refractivity contribution is 5.77. The Balaban J connectivity index is 1.94. The van der Waals surface area contributed by atoms with Crippen LogP contribution in [0.2, 0.25) is 0 Å². The minimum absolute atomic E-state index is 0.0865. The number of nitrogens with two attached hydrogens (primary N) is 1. The zero-order chi connectivity index (χ0) is 10.8. The molecule has 0 aromatic carbocycles. The van der Waals surface area contributed by atoms with Gasteiger partial charge in [0.05, 0.1) is 5.92 Å². The largest absolute Gasteiger partial charge is 0.369 e. The Morgan fingerprint density at radius 1 is 1.20 bits per heavy atom. The van der Waals surface area contributed by atoms with E-state index in [0.29, 0.717) is 5.92 Å². The van der Waals surface area contributed by atoms with E-state index >= 15 is 0 Å². The zero-order valence-electron chi connectivity index (χ0n) is 9.54. The van der Waals surface area contributed by atoms with Crippen molar-refractivity contribution in [1.29, 1.82) is 0 Å². The predicted molar refractivity (Wildman–Crippen MR) is 60.2 cm³/mol. The van der Waals surface area contributed by atoms with Crippen LogP contribution < -0.4 is 11.1 Å². The standard InChI is InChI=1S/C12H22N2O/c1-8-2-4-9(5-3-8)10-6-14-7-11(10)12(13)15/h8-11,14H,2-7H2,1H3,(H2,13,15).